The van der Waals surface area contributed by atoms with Crippen LogP contribution < -0.4 is 5.32 Å². The number of benzene rings is 2. The molecule has 0 heterocycles. The van der Waals surface area contributed by atoms with Gasteiger partial charge in [0, 0.05) is 6.54 Å². The van der Waals surface area contributed by atoms with Crippen LogP contribution >= 0.6 is 0 Å². The second-order valence-corrected chi connectivity index (χ2v) is 4.36. The molecule has 0 spiro atoms. The molecule has 21 heavy (non-hydrogen) atoms. The summed E-state index contributed by atoms with van der Waals surface area (Å²) in [4.78, 5) is 21.6. The molecule has 0 aliphatic rings. The number of hydrogen-bond donors (Lipinski definition) is 3. The normalized spacial score (nSPS) is 10.1. The summed E-state index contributed by atoms with van der Waals surface area (Å²) in [7, 11) is 0. The van der Waals surface area contributed by atoms with Crippen LogP contribution in [-0.2, 0) is 6.54 Å². The number of carbonyl (C=O) groups is 2. The first kappa shape index (κ1) is 14.5. The number of carboxylic acid groups (broad SMARTS) is 2. The van der Waals surface area contributed by atoms with Gasteiger partial charge in [-0.25, -0.2) is 14.0 Å². The van der Waals surface area contributed by atoms with E-state index in [9.17, 15) is 14.0 Å². The number of aromatic carboxylic acids is 2. The van der Waals surface area contributed by atoms with E-state index in [1.54, 1.807) is 12.1 Å². The van der Waals surface area contributed by atoms with E-state index in [1.165, 1.54) is 24.3 Å². The van der Waals surface area contributed by atoms with Gasteiger partial charge in [0.2, 0.25) is 0 Å². The molecule has 0 fully saturated rings. The van der Waals surface area contributed by atoms with E-state index in [1.807, 2.05) is 0 Å². The van der Waals surface area contributed by atoms with Gasteiger partial charge in [0.1, 0.15) is 5.82 Å². The maximum Gasteiger partial charge on any atom is 0.335 e. The number of nitrogens with one attached hydrogen (secondary N) is 1. The summed E-state index contributed by atoms with van der Waals surface area (Å²) in [6, 6.07) is 9.59. The van der Waals surface area contributed by atoms with E-state index in [4.69, 9.17) is 10.2 Å². The van der Waals surface area contributed by atoms with Gasteiger partial charge in [0.25, 0.3) is 0 Å². The molecule has 0 aliphatic heterocycles. The van der Waals surface area contributed by atoms with Crippen LogP contribution in [0.4, 0.5) is 10.1 Å². The van der Waals surface area contributed by atoms with Crippen molar-refractivity contribution in [3.05, 3.63) is 65.0 Å². The predicted molar refractivity (Wildman–Crippen MR) is 74.1 cm³/mol. The molecule has 108 valence electrons. The van der Waals surface area contributed by atoms with E-state index in [0.717, 1.165) is 11.6 Å². The number of rotatable bonds is 5. The Morgan fingerprint density at radius 3 is 2.10 bits per heavy atom. The topological polar surface area (TPSA) is 86.6 Å². The molecule has 5 nitrogen and oxygen atoms in total. The molecule has 3 N–H and O–H groups in total. The van der Waals surface area contributed by atoms with E-state index in [-0.39, 0.29) is 23.4 Å². The molecular weight excluding hydrogens is 277 g/mol. The van der Waals surface area contributed by atoms with Crippen LogP contribution in [0.1, 0.15) is 26.3 Å². The Morgan fingerprint density at radius 1 is 0.952 bits per heavy atom. The minimum absolute atomic E-state index is 0.0138. The Hall–Kier alpha value is -2.89. The minimum Gasteiger partial charge on any atom is -0.478 e. The zero-order valence-electron chi connectivity index (χ0n) is 10.8. The minimum atomic E-state index is -1.14. The first-order valence-electron chi connectivity index (χ1n) is 6.06. The largest absolute Gasteiger partial charge is 0.478 e. The van der Waals surface area contributed by atoms with Crippen LogP contribution in [0.25, 0.3) is 0 Å². The summed E-state index contributed by atoms with van der Waals surface area (Å²) in [5, 5.41) is 20.4. The molecule has 0 saturated carbocycles. The van der Waals surface area contributed by atoms with Gasteiger partial charge in [0.05, 0.1) is 16.8 Å². The summed E-state index contributed by atoms with van der Waals surface area (Å²) in [5.41, 5.74) is 0.982. The summed E-state index contributed by atoms with van der Waals surface area (Å²) < 4.78 is 13.6. The highest BCUT2D eigenvalue weighted by molar-refractivity contribution is 5.89. The Bertz CT molecular complexity index is 683. The third-order valence-corrected chi connectivity index (χ3v) is 2.90. The fraction of sp³-hybridized carbons (Fsp3) is 0.0667. The van der Waals surface area contributed by atoms with Crippen molar-refractivity contribution in [3.63, 3.8) is 0 Å². The highest BCUT2D eigenvalue weighted by Crippen LogP contribution is 2.17. The average Bonchev–Trinajstić information content (AvgIpc) is 2.46. The zero-order valence-corrected chi connectivity index (χ0v) is 10.8. The molecule has 0 unspecified atom stereocenters. The van der Waals surface area contributed by atoms with E-state index >= 15 is 0 Å². The second-order valence-electron chi connectivity index (χ2n) is 4.36. The maximum absolute atomic E-state index is 13.6. The van der Waals surface area contributed by atoms with Crippen molar-refractivity contribution >= 4 is 17.6 Å². The van der Waals surface area contributed by atoms with E-state index in [0.29, 0.717) is 0 Å². The van der Waals surface area contributed by atoms with Crippen LogP contribution in [-0.4, -0.2) is 22.2 Å². The predicted octanol–water partition coefficient (Wildman–Crippen LogP) is 2.83. The lowest BCUT2D eigenvalue weighted by Crippen LogP contribution is -2.05. The lowest BCUT2D eigenvalue weighted by molar-refractivity contribution is 0.0686. The number of anilines is 1. The fourth-order valence-corrected chi connectivity index (χ4v) is 1.76. The Labute approximate surface area is 119 Å². The number of carboxylic acids is 2. The van der Waals surface area contributed by atoms with Crippen molar-refractivity contribution in [3.8, 4) is 0 Å². The van der Waals surface area contributed by atoms with Gasteiger partial charge in [-0.2, -0.15) is 0 Å². The molecule has 2 rings (SSSR count). The molecule has 2 aromatic rings. The van der Waals surface area contributed by atoms with Crippen LogP contribution in [0.15, 0.2) is 42.5 Å². The Balaban J connectivity index is 2.10. The molecule has 0 atom stereocenters. The third-order valence-electron chi connectivity index (χ3n) is 2.90. The zero-order chi connectivity index (χ0) is 15.4. The fourth-order valence-electron chi connectivity index (χ4n) is 1.76. The molecule has 6 heteroatoms. The van der Waals surface area contributed by atoms with Gasteiger partial charge in [0.15, 0.2) is 0 Å². The van der Waals surface area contributed by atoms with Gasteiger partial charge in [-0.1, -0.05) is 12.1 Å². The van der Waals surface area contributed by atoms with Gasteiger partial charge in [-0.3, -0.25) is 0 Å². The molecule has 2 aromatic carbocycles. The molecule has 0 amide bonds. The summed E-state index contributed by atoms with van der Waals surface area (Å²) >= 11 is 0. The number of hydrogen-bond acceptors (Lipinski definition) is 3. The highest BCUT2D eigenvalue weighted by atomic mass is 19.1. The van der Waals surface area contributed by atoms with Gasteiger partial charge >= 0.3 is 11.9 Å². The lowest BCUT2D eigenvalue weighted by Gasteiger charge is -2.09. The standard InChI is InChI=1S/C15H12FNO4/c16-12-6-5-11(15(20)21)7-13(12)17-8-9-1-3-10(4-2-9)14(18)19/h1-7,17H,8H2,(H,18,19)(H,20,21). The molecule has 0 aliphatic carbocycles. The van der Waals surface area contributed by atoms with E-state index in [2.05, 4.69) is 5.32 Å². The summed E-state index contributed by atoms with van der Waals surface area (Å²) in [6.07, 6.45) is 0. The third kappa shape index (κ3) is 3.56. The maximum atomic E-state index is 13.6. The molecule has 0 bridgehead atoms. The van der Waals surface area contributed by atoms with Crippen LogP contribution in [0, 0.1) is 5.82 Å². The quantitative estimate of drug-likeness (QED) is 0.788. The van der Waals surface area contributed by atoms with Crippen molar-refractivity contribution in [2.75, 3.05) is 5.32 Å². The van der Waals surface area contributed by atoms with Gasteiger partial charge in [-0.15, -0.1) is 0 Å². The second kappa shape index (κ2) is 6.04. The van der Waals surface area contributed by atoms with Gasteiger partial charge < -0.3 is 15.5 Å². The van der Waals surface area contributed by atoms with Crippen molar-refractivity contribution in [1.82, 2.24) is 0 Å². The van der Waals surface area contributed by atoms with Gasteiger partial charge in [-0.05, 0) is 35.9 Å². The van der Waals surface area contributed by atoms with Crippen LogP contribution in [0.2, 0.25) is 0 Å². The highest BCUT2D eigenvalue weighted by Gasteiger charge is 2.08. The van der Waals surface area contributed by atoms with Crippen LogP contribution in [0.3, 0.4) is 0 Å². The molecular formula is C15H12FNO4. The molecule has 0 radical (unpaired) electrons. The van der Waals surface area contributed by atoms with Crippen molar-refractivity contribution in [1.29, 1.82) is 0 Å². The lowest BCUT2D eigenvalue weighted by atomic mass is 10.1. The van der Waals surface area contributed by atoms with Crippen molar-refractivity contribution in [2.24, 2.45) is 0 Å². The average molecular weight is 289 g/mol. The summed E-state index contributed by atoms with van der Waals surface area (Å²) in [5.74, 6) is -2.71. The van der Waals surface area contributed by atoms with Crippen LogP contribution in [0.5, 0.6) is 0 Å². The summed E-state index contributed by atoms with van der Waals surface area (Å²) in [6.45, 7) is 0.250. The molecule has 0 saturated heterocycles. The van der Waals surface area contributed by atoms with Crippen molar-refractivity contribution in [2.45, 2.75) is 6.54 Å². The SMILES string of the molecule is O=C(O)c1ccc(CNc2cc(C(=O)O)ccc2F)cc1. The first-order chi connectivity index (χ1) is 9.97. The monoisotopic (exact) mass is 289 g/mol. The van der Waals surface area contributed by atoms with E-state index < -0.39 is 17.8 Å². The Kier molecular flexibility index (Phi) is 4.18. The Morgan fingerprint density at radius 2 is 1.52 bits per heavy atom. The number of halogens is 1. The first-order valence-corrected chi connectivity index (χ1v) is 6.06. The molecule has 0 aromatic heterocycles. The van der Waals surface area contributed by atoms with Crippen molar-refractivity contribution < 1.29 is 24.2 Å². The smallest absolute Gasteiger partial charge is 0.335 e.